The highest BCUT2D eigenvalue weighted by Gasteiger charge is 1.94. The van der Waals surface area contributed by atoms with E-state index in [0.29, 0.717) is 0 Å². The molecule has 1 aromatic rings. The van der Waals surface area contributed by atoms with Crippen LogP contribution < -0.4 is 4.65 Å². The Bertz CT molecular complexity index is 187. The summed E-state index contributed by atoms with van der Waals surface area (Å²) >= 11 is 1.53. The number of rotatable bonds is 2. The first-order chi connectivity index (χ1) is 4.33. The predicted molar refractivity (Wildman–Crippen MR) is 39.1 cm³/mol. The van der Waals surface area contributed by atoms with Crippen molar-refractivity contribution in [3.8, 4) is 5.06 Å². The van der Waals surface area contributed by atoms with E-state index in [9.17, 15) is 0 Å². The molecule has 1 rings (SSSR count). The van der Waals surface area contributed by atoms with Gasteiger partial charge in [-0.3, -0.25) is 0 Å². The summed E-state index contributed by atoms with van der Waals surface area (Å²) in [5, 5.41) is 9.09. The van der Waals surface area contributed by atoms with E-state index < -0.39 is 0 Å². The van der Waals surface area contributed by atoms with Crippen LogP contribution in [0.5, 0.6) is 5.06 Å². The molecule has 0 aliphatic heterocycles. The highest BCUT2D eigenvalue weighted by Crippen LogP contribution is 2.22. The maximum atomic E-state index is 8.31. The topological polar surface area (TPSA) is 29.5 Å². The zero-order chi connectivity index (χ0) is 6.69. The summed E-state index contributed by atoms with van der Waals surface area (Å²) in [7, 11) is -0.236. The van der Waals surface area contributed by atoms with Crippen molar-refractivity contribution in [2.45, 2.75) is 6.92 Å². The van der Waals surface area contributed by atoms with E-state index in [-0.39, 0.29) is 7.69 Å². The van der Waals surface area contributed by atoms with E-state index in [2.05, 4.69) is 0 Å². The first-order valence-electron chi connectivity index (χ1n) is 2.63. The summed E-state index contributed by atoms with van der Waals surface area (Å²) < 4.78 is 4.80. The maximum Gasteiger partial charge on any atom is 0.504 e. The summed E-state index contributed by atoms with van der Waals surface area (Å²) in [5.74, 6) is 0. The van der Waals surface area contributed by atoms with Gasteiger partial charge in [0.05, 0.1) is 0 Å². The average Bonchev–Trinajstić information content (AvgIpc) is 2.17. The van der Waals surface area contributed by atoms with Gasteiger partial charge in [-0.2, -0.15) is 0 Å². The van der Waals surface area contributed by atoms with Crippen molar-refractivity contribution in [1.82, 2.24) is 0 Å². The Kier molecular flexibility index (Phi) is 2.13. The monoisotopic (exact) mass is 142 g/mol. The molecule has 0 saturated carbocycles. The predicted octanol–water partition coefficient (Wildman–Crippen LogP) is 0.694. The van der Waals surface area contributed by atoms with Crippen LogP contribution in [-0.2, 0) is 0 Å². The highest BCUT2D eigenvalue weighted by atomic mass is 32.1. The molecular weight excluding hydrogens is 135 g/mol. The lowest BCUT2D eigenvalue weighted by Crippen LogP contribution is -1.97. The van der Waals surface area contributed by atoms with Crippen molar-refractivity contribution >= 4 is 19.0 Å². The van der Waals surface area contributed by atoms with E-state index in [1.807, 2.05) is 19.1 Å². The lowest BCUT2D eigenvalue weighted by Gasteiger charge is -1.92. The summed E-state index contributed by atoms with van der Waals surface area (Å²) in [5.41, 5.74) is 0. The van der Waals surface area contributed by atoms with Crippen LogP contribution in [0.1, 0.15) is 4.88 Å². The van der Waals surface area contributed by atoms with E-state index >= 15 is 0 Å². The van der Waals surface area contributed by atoms with Gasteiger partial charge in [-0.25, -0.2) is 0 Å². The largest absolute Gasteiger partial charge is 0.531 e. The summed E-state index contributed by atoms with van der Waals surface area (Å²) in [6.45, 7) is 1.99. The van der Waals surface area contributed by atoms with Crippen LogP contribution >= 0.6 is 11.3 Å². The molecule has 9 heavy (non-hydrogen) atoms. The van der Waals surface area contributed by atoms with Crippen LogP contribution in [0.3, 0.4) is 0 Å². The Morgan fingerprint density at radius 1 is 1.67 bits per heavy atom. The first kappa shape index (κ1) is 6.64. The van der Waals surface area contributed by atoms with Gasteiger partial charge in [0.2, 0.25) is 0 Å². The normalized spacial score (nSPS) is 9.11. The van der Waals surface area contributed by atoms with Gasteiger partial charge >= 0.3 is 7.69 Å². The fourth-order valence-corrected chi connectivity index (χ4v) is 1.25. The summed E-state index contributed by atoms with van der Waals surface area (Å²) in [6, 6.07) is 3.80. The third kappa shape index (κ3) is 1.73. The van der Waals surface area contributed by atoms with Gasteiger partial charge < -0.3 is 9.68 Å². The maximum absolute atomic E-state index is 8.31. The summed E-state index contributed by atoms with van der Waals surface area (Å²) in [4.78, 5) is 1.19. The Balaban J connectivity index is 2.61. The molecule has 0 amide bonds. The minimum atomic E-state index is -0.236. The van der Waals surface area contributed by atoms with Gasteiger partial charge in [0.25, 0.3) is 0 Å². The lowest BCUT2D eigenvalue weighted by atomic mass is 10.4. The van der Waals surface area contributed by atoms with Crippen molar-refractivity contribution in [3.63, 3.8) is 0 Å². The zero-order valence-electron chi connectivity index (χ0n) is 5.13. The van der Waals surface area contributed by atoms with Crippen LogP contribution in [0.25, 0.3) is 0 Å². The molecule has 1 N–H and O–H groups in total. The molecule has 0 aliphatic carbocycles. The van der Waals surface area contributed by atoms with Gasteiger partial charge in [-0.05, 0) is 19.1 Å². The lowest BCUT2D eigenvalue weighted by molar-refractivity contribution is 0.461. The molecule has 0 saturated heterocycles. The standard InChI is InChI=1S/C5H7BO2S/c1-4-2-3-5(9-4)8-6-7/h2-3,6-7H,1H3. The molecule has 48 valence electrons. The van der Waals surface area contributed by atoms with Crippen LogP contribution in [0.2, 0.25) is 0 Å². The van der Waals surface area contributed by atoms with Gasteiger partial charge in [0, 0.05) is 4.88 Å². The summed E-state index contributed by atoms with van der Waals surface area (Å²) in [6.07, 6.45) is 0. The van der Waals surface area contributed by atoms with Crippen LogP contribution in [0, 0.1) is 6.92 Å². The molecule has 0 unspecified atom stereocenters. The quantitative estimate of drug-likeness (QED) is 0.615. The van der Waals surface area contributed by atoms with Gasteiger partial charge in [0.15, 0.2) is 5.06 Å². The molecule has 0 bridgehead atoms. The second-order valence-corrected chi connectivity index (χ2v) is 2.89. The molecule has 0 radical (unpaired) electrons. The number of hydrogen-bond donors (Lipinski definition) is 1. The van der Waals surface area contributed by atoms with Crippen LogP contribution in [0.15, 0.2) is 12.1 Å². The van der Waals surface area contributed by atoms with Crippen molar-refractivity contribution in [2.75, 3.05) is 0 Å². The smallest absolute Gasteiger partial charge is 0.504 e. The average molecular weight is 142 g/mol. The molecular formula is C5H7BO2S. The van der Waals surface area contributed by atoms with Crippen molar-refractivity contribution < 1.29 is 9.68 Å². The Labute approximate surface area is 58.4 Å². The molecule has 1 aromatic heterocycles. The molecule has 0 aromatic carbocycles. The second kappa shape index (κ2) is 2.89. The SMILES string of the molecule is Cc1ccc(OBO)s1. The van der Waals surface area contributed by atoms with Crippen molar-refractivity contribution in [3.05, 3.63) is 17.0 Å². The molecule has 0 atom stereocenters. The molecule has 0 spiro atoms. The van der Waals surface area contributed by atoms with E-state index in [4.69, 9.17) is 9.68 Å². The third-order valence-electron chi connectivity index (χ3n) is 0.923. The van der Waals surface area contributed by atoms with Crippen molar-refractivity contribution in [2.24, 2.45) is 0 Å². The second-order valence-electron chi connectivity index (χ2n) is 1.64. The minimum absolute atomic E-state index is 0.236. The van der Waals surface area contributed by atoms with Gasteiger partial charge in [-0.15, -0.1) is 11.3 Å². The minimum Gasteiger partial charge on any atom is -0.531 e. The zero-order valence-corrected chi connectivity index (χ0v) is 5.94. The van der Waals surface area contributed by atoms with E-state index in [1.165, 1.54) is 16.2 Å². The van der Waals surface area contributed by atoms with E-state index in [1.54, 1.807) is 0 Å². The molecule has 1 heterocycles. The third-order valence-corrected chi connectivity index (χ3v) is 1.84. The van der Waals surface area contributed by atoms with Crippen LogP contribution in [0.4, 0.5) is 0 Å². The molecule has 4 heteroatoms. The Hall–Kier alpha value is -0.475. The first-order valence-corrected chi connectivity index (χ1v) is 3.44. The number of thiophene rings is 1. The number of aryl methyl sites for hydroxylation is 1. The van der Waals surface area contributed by atoms with Gasteiger partial charge in [-0.1, -0.05) is 0 Å². The fraction of sp³-hybridized carbons (Fsp3) is 0.200. The van der Waals surface area contributed by atoms with E-state index in [0.717, 1.165) is 5.06 Å². The molecule has 0 fully saturated rings. The van der Waals surface area contributed by atoms with Crippen LogP contribution in [-0.4, -0.2) is 12.7 Å². The van der Waals surface area contributed by atoms with Crippen molar-refractivity contribution in [1.29, 1.82) is 0 Å². The Morgan fingerprint density at radius 3 is 2.89 bits per heavy atom. The number of hydrogen-bond acceptors (Lipinski definition) is 3. The molecule has 0 aliphatic rings. The fourth-order valence-electron chi connectivity index (χ4n) is 0.553. The van der Waals surface area contributed by atoms with Gasteiger partial charge in [0.1, 0.15) is 0 Å². The Morgan fingerprint density at radius 2 is 2.44 bits per heavy atom. The highest BCUT2D eigenvalue weighted by molar-refractivity contribution is 7.13. The molecule has 2 nitrogen and oxygen atoms in total.